The molecule has 0 heterocycles. The van der Waals surface area contributed by atoms with E-state index in [1.807, 2.05) is 19.0 Å². The molecule has 176 valence electrons. The lowest BCUT2D eigenvalue weighted by molar-refractivity contribution is -0.143. The third kappa shape index (κ3) is 7.79. The zero-order chi connectivity index (χ0) is 24.1. The Kier molecular flexibility index (Phi) is 8.72. The first kappa shape index (κ1) is 26.1. The summed E-state index contributed by atoms with van der Waals surface area (Å²) < 4.78 is 79.0. The van der Waals surface area contributed by atoms with Crippen LogP contribution < -0.4 is 10.6 Å². The summed E-state index contributed by atoms with van der Waals surface area (Å²) in [4.78, 5) is 14.7. The maximum Gasteiger partial charge on any atom is 0.416 e. The topological polar surface area (TPSA) is 44.4 Å². The van der Waals surface area contributed by atoms with Crippen molar-refractivity contribution < 1.29 is 31.1 Å². The van der Waals surface area contributed by atoms with Gasteiger partial charge in [0.2, 0.25) is 5.91 Å². The summed E-state index contributed by atoms with van der Waals surface area (Å²) in [5, 5.41) is 5.51. The number of amides is 1. The lowest BCUT2D eigenvalue weighted by Gasteiger charge is -2.21. The van der Waals surface area contributed by atoms with E-state index in [2.05, 4.69) is 26.6 Å². The van der Waals surface area contributed by atoms with E-state index in [0.717, 1.165) is 4.47 Å². The summed E-state index contributed by atoms with van der Waals surface area (Å²) in [5.74, 6) is -0.576. The highest BCUT2D eigenvalue weighted by atomic mass is 79.9. The van der Waals surface area contributed by atoms with E-state index in [9.17, 15) is 31.1 Å². The highest BCUT2D eigenvalue weighted by Crippen LogP contribution is 2.36. The SMILES string of the molecule is CN(C)CCNC(C(=O)NCc1cc(C(F)(F)F)cc(C(F)(F)F)c1)c1cccc(Br)c1. The third-order valence-electron chi connectivity index (χ3n) is 4.47. The van der Waals surface area contributed by atoms with Gasteiger partial charge >= 0.3 is 12.4 Å². The fourth-order valence-corrected chi connectivity index (χ4v) is 3.31. The van der Waals surface area contributed by atoms with E-state index in [1.54, 1.807) is 24.3 Å². The van der Waals surface area contributed by atoms with Crippen molar-refractivity contribution in [1.29, 1.82) is 0 Å². The average molecular weight is 526 g/mol. The Morgan fingerprint density at radius 3 is 2.09 bits per heavy atom. The maximum absolute atomic E-state index is 13.1. The van der Waals surface area contributed by atoms with Crippen molar-refractivity contribution in [3.05, 3.63) is 69.2 Å². The van der Waals surface area contributed by atoms with Crippen LogP contribution >= 0.6 is 15.9 Å². The zero-order valence-electron chi connectivity index (χ0n) is 17.2. The number of carbonyl (C=O) groups is 1. The van der Waals surface area contributed by atoms with Crippen molar-refractivity contribution in [2.45, 2.75) is 24.9 Å². The van der Waals surface area contributed by atoms with Crippen molar-refractivity contribution in [1.82, 2.24) is 15.5 Å². The molecule has 2 N–H and O–H groups in total. The standard InChI is InChI=1S/C21H22BrF6N3O/c1-31(2)7-6-29-18(14-4-3-5-17(22)10-14)19(32)30-12-13-8-15(20(23,24)25)11-16(9-13)21(26,27)28/h3-5,8-11,18,29H,6-7,12H2,1-2H3,(H,30,32). The van der Waals surface area contributed by atoms with E-state index in [1.165, 1.54) is 0 Å². The Morgan fingerprint density at radius 1 is 1.00 bits per heavy atom. The maximum atomic E-state index is 13.1. The van der Waals surface area contributed by atoms with Gasteiger partial charge in [0.25, 0.3) is 0 Å². The minimum atomic E-state index is -4.95. The molecule has 0 aromatic heterocycles. The lowest BCUT2D eigenvalue weighted by atomic mass is 10.0. The number of alkyl halides is 6. The zero-order valence-corrected chi connectivity index (χ0v) is 18.8. The van der Waals surface area contributed by atoms with Crippen LogP contribution in [0.3, 0.4) is 0 Å². The molecule has 2 aromatic rings. The highest BCUT2D eigenvalue weighted by molar-refractivity contribution is 9.10. The molecule has 0 saturated heterocycles. The lowest BCUT2D eigenvalue weighted by Crippen LogP contribution is -2.39. The molecule has 0 saturated carbocycles. The number of rotatable bonds is 8. The summed E-state index contributed by atoms with van der Waals surface area (Å²) in [5.41, 5.74) is -2.56. The van der Waals surface area contributed by atoms with Gasteiger partial charge in [0, 0.05) is 24.1 Å². The highest BCUT2D eigenvalue weighted by Gasteiger charge is 2.37. The van der Waals surface area contributed by atoms with Crippen LogP contribution in [0.4, 0.5) is 26.3 Å². The summed E-state index contributed by atoms with van der Waals surface area (Å²) in [7, 11) is 3.70. The summed E-state index contributed by atoms with van der Waals surface area (Å²) in [6.45, 7) is 0.547. The van der Waals surface area contributed by atoms with Crippen molar-refractivity contribution in [3.8, 4) is 0 Å². The molecule has 0 fully saturated rings. The van der Waals surface area contributed by atoms with Gasteiger partial charge in [-0.05, 0) is 55.6 Å². The van der Waals surface area contributed by atoms with Crippen LogP contribution in [-0.4, -0.2) is 38.0 Å². The Bertz CT molecular complexity index is 898. The first-order valence-corrected chi connectivity index (χ1v) is 10.3. The van der Waals surface area contributed by atoms with Crippen LogP contribution in [0, 0.1) is 0 Å². The van der Waals surface area contributed by atoms with Crippen LogP contribution in [0.5, 0.6) is 0 Å². The van der Waals surface area contributed by atoms with Gasteiger partial charge in [-0.1, -0.05) is 28.1 Å². The molecular weight excluding hydrogens is 504 g/mol. The fourth-order valence-electron chi connectivity index (χ4n) is 2.89. The molecule has 11 heteroatoms. The second-order valence-electron chi connectivity index (χ2n) is 7.38. The summed E-state index contributed by atoms with van der Waals surface area (Å²) in [6, 6.07) is 7.29. The third-order valence-corrected chi connectivity index (χ3v) is 4.96. The number of nitrogens with one attached hydrogen (secondary N) is 2. The summed E-state index contributed by atoms with van der Waals surface area (Å²) >= 11 is 3.32. The Balaban J connectivity index is 2.24. The summed E-state index contributed by atoms with van der Waals surface area (Å²) in [6.07, 6.45) is -9.90. The van der Waals surface area contributed by atoms with Crippen molar-refractivity contribution in [3.63, 3.8) is 0 Å². The van der Waals surface area contributed by atoms with E-state index in [-0.39, 0.29) is 11.6 Å². The Hall–Kier alpha value is -2.11. The van der Waals surface area contributed by atoms with E-state index < -0.39 is 42.0 Å². The number of nitrogens with zero attached hydrogens (tertiary/aromatic N) is 1. The van der Waals surface area contributed by atoms with E-state index in [4.69, 9.17) is 0 Å². The van der Waals surface area contributed by atoms with Crippen molar-refractivity contribution in [2.75, 3.05) is 27.2 Å². The Labute approximate surface area is 190 Å². The minimum absolute atomic E-state index is 0.0540. The smallest absolute Gasteiger partial charge is 0.350 e. The van der Waals surface area contributed by atoms with Crippen LogP contribution in [0.15, 0.2) is 46.9 Å². The van der Waals surface area contributed by atoms with Crippen molar-refractivity contribution in [2.24, 2.45) is 0 Å². The Morgan fingerprint density at radius 2 is 1.59 bits per heavy atom. The molecule has 4 nitrogen and oxygen atoms in total. The van der Waals surface area contributed by atoms with Crippen LogP contribution in [-0.2, 0) is 23.7 Å². The van der Waals surface area contributed by atoms with Gasteiger partial charge in [-0.3, -0.25) is 4.79 Å². The molecule has 0 spiro atoms. The molecular formula is C21H22BrF6N3O. The number of likely N-dealkylation sites (N-methyl/N-ethyl adjacent to an activating group) is 1. The van der Waals surface area contributed by atoms with Gasteiger partial charge in [-0.15, -0.1) is 0 Å². The largest absolute Gasteiger partial charge is 0.416 e. The number of benzene rings is 2. The van der Waals surface area contributed by atoms with Gasteiger partial charge in [0.1, 0.15) is 6.04 Å². The van der Waals surface area contributed by atoms with Gasteiger partial charge in [-0.2, -0.15) is 26.3 Å². The molecule has 2 aromatic carbocycles. The number of hydrogen-bond acceptors (Lipinski definition) is 3. The molecule has 0 aliphatic rings. The molecule has 0 bridgehead atoms. The predicted octanol–water partition coefficient (Wildman–Crippen LogP) is 5.00. The second kappa shape index (κ2) is 10.7. The minimum Gasteiger partial charge on any atom is -0.350 e. The molecule has 2 rings (SSSR count). The molecule has 1 unspecified atom stereocenters. The van der Waals surface area contributed by atoms with Crippen LogP contribution in [0.2, 0.25) is 0 Å². The monoisotopic (exact) mass is 525 g/mol. The average Bonchev–Trinajstić information content (AvgIpc) is 2.67. The second-order valence-corrected chi connectivity index (χ2v) is 8.29. The quantitative estimate of drug-likeness (QED) is 0.477. The molecule has 1 atom stereocenters. The molecule has 32 heavy (non-hydrogen) atoms. The van der Waals surface area contributed by atoms with E-state index in [0.29, 0.717) is 30.8 Å². The van der Waals surface area contributed by atoms with Gasteiger partial charge < -0.3 is 15.5 Å². The molecule has 0 aliphatic heterocycles. The molecule has 0 aliphatic carbocycles. The fraction of sp³-hybridized carbons (Fsp3) is 0.381. The van der Waals surface area contributed by atoms with Crippen LogP contribution in [0.1, 0.15) is 28.3 Å². The first-order chi connectivity index (χ1) is 14.8. The normalized spacial score (nSPS) is 13.3. The first-order valence-electron chi connectivity index (χ1n) is 9.47. The predicted molar refractivity (Wildman–Crippen MR) is 112 cm³/mol. The van der Waals surface area contributed by atoms with Gasteiger partial charge in [0.15, 0.2) is 0 Å². The molecule has 1 amide bonds. The van der Waals surface area contributed by atoms with Gasteiger partial charge in [0.05, 0.1) is 11.1 Å². The van der Waals surface area contributed by atoms with Crippen molar-refractivity contribution >= 4 is 21.8 Å². The number of carbonyl (C=O) groups excluding carboxylic acids is 1. The molecule has 0 radical (unpaired) electrons. The number of hydrogen-bond donors (Lipinski definition) is 2. The van der Waals surface area contributed by atoms with E-state index >= 15 is 0 Å². The van der Waals surface area contributed by atoms with Crippen LogP contribution in [0.25, 0.3) is 0 Å². The number of halogens is 7. The van der Waals surface area contributed by atoms with Gasteiger partial charge in [-0.25, -0.2) is 0 Å².